The summed E-state index contributed by atoms with van der Waals surface area (Å²) >= 11 is 3.67. The van der Waals surface area contributed by atoms with Gasteiger partial charge in [0.2, 0.25) is 0 Å². The van der Waals surface area contributed by atoms with Crippen LogP contribution in [0.25, 0.3) is 0 Å². The van der Waals surface area contributed by atoms with Crippen LogP contribution in [0.4, 0.5) is 0 Å². The first kappa shape index (κ1) is 14.7. The summed E-state index contributed by atoms with van der Waals surface area (Å²) in [6.07, 6.45) is 1.16. The summed E-state index contributed by atoms with van der Waals surface area (Å²) in [5.41, 5.74) is 0. The van der Waals surface area contributed by atoms with E-state index in [0.717, 1.165) is 26.1 Å². The standard InChI is InChI=1S/C15H22N2S2/c1-13(11-16-12-15-6-4-10-19-15)17(2)8-7-14-5-3-9-18-14/h3-6,9-10,13,16H,7-8,11-12H2,1-2H3. The van der Waals surface area contributed by atoms with Gasteiger partial charge in [0.05, 0.1) is 0 Å². The SMILES string of the molecule is CC(CNCc1cccs1)N(C)CCc1cccs1. The molecule has 104 valence electrons. The molecule has 0 aliphatic carbocycles. The number of hydrogen-bond donors (Lipinski definition) is 1. The number of hydrogen-bond acceptors (Lipinski definition) is 4. The second-order valence-corrected chi connectivity index (χ2v) is 6.93. The van der Waals surface area contributed by atoms with Gasteiger partial charge < -0.3 is 10.2 Å². The van der Waals surface area contributed by atoms with Gasteiger partial charge >= 0.3 is 0 Å². The third-order valence-corrected chi connectivity index (χ3v) is 5.18. The molecule has 0 aliphatic heterocycles. The smallest absolute Gasteiger partial charge is 0.0300 e. The zero-order valence-corrected chi connectivity index (χ0v) is 13.3. The topological polar surface area (TPSA) is 15.3 Å². The van der Waals surface area contributed by atoms with Crippen LogP contribution < -0.4 is 5.32 Å². The zero-order chi connectivity index (χ0) is 13.5. The van der Waals surface area contributed by atoms with Crippen molar-refractivity contribution in [1.82, 2.24) is 10.2 Å². The average molecular weight is 294 g/mol. The molecule has 0 aliphatic rings. The van der Waals surface area contributed by atoms with Crippen molar-refractivity contribution in [3.8, 4) is 0 Å². The van der Waals surface area contributed by atoms with Gasteiger partial charge in [-0.2, -0.15) is 0 Å². The number of nitrogens with one attached hydrogen (secondary N) is 1. The highest BCUT2D eigenvalue weighted by Crippen LogP contribution is 2.10. The quantitative estimate of drug-likeness (QED) is 0.802. The minimum atomic E-state index is 0.569. The summed E-state index contributed by atoms with van der Waals surface area (Å²) in [6.45, 7) is 5.44. The van der Waals surface area contributed by atoms with E-state index in [-0.39, 0.29) is 0 Å². The van der Waals surface area contributed by atoms with Crippen molar-refractivity contribution >= 4 is 22.7 Å². The van der Waals surface area contributed by atoms with Crippen molar-refractivity contribution in [3.05, 3.63) is 44.8 Å². The van der Waals surface area contributed by atoms with E-state index in [1.807, 2.05) is 22.7 Å². The first-order valence-electron chi connectivity index (χ1n) is 6.71. The fraction of sp³-hybridized carbons (Fsp3) is 0.467. The summed E-state index contributed by atoms with van der Waals surface area (Å²) < 4.78 is 0. The Labute approximate surface area is 124 Å². The first-order chi connectivity index (χ1) is 9.25. The van der Waals surface area contributed by atoms with Crippen LogP contribution in [0.2, 0.25) is 0 Å². The summed E-state index contributed by atoms with van der Waals surface area (Å²) in [5.74, 6) is 0. The third kappa shape index (κ3) is 5.07. The van der Waals surface area contributed by atoms with Crippen LogP contribution in [0, 0.1) is 0 Å². The highest BCUT2D eigenvalue weighted by Gasteiger charge is 2.09. The zero-order valence-electron chi connectivity index (χ0n) is 11.6. The molecular formula is C15H22N2S2. The molecule has 0 aromatic carbocycles. The molecule has 0 bridgehead atoms. The van der Waals surface area contributed by atoms with E-state index >= 15 is 0 Å². The molecule has 0 fully saturated rings. The van der Waals surface area contributed by atoms with Gasteiger partial charge in [-0.25, -0.2) is 0 Å². The Morgan fingerprint density at radius 1 is 1.16 bits per heavy atom. The van der Waals surface area contributed by atoms with Crippen LogP contribution in [0.15, 0.2) is 35.0 Å². The fourth-order valence-corrected chi connectivity index (χ4v) is 3.31. The van der Waals surface area contributed by atoms with Crippen LogP contribution in [0.3, 0.4) is 0 Å². The molecule has 1 atom stereocenters. The van der Waals surface area contributed by atoms with Gasteiger partial charge in [0, 0.05) is 35.4 Å². The van der Waals surface area contributed by atoms with E-state index in [0.29, 0.717) is 6.04 Å². The summed E-state index contributed by atoms with van der Waals surface area (Å²) in [4.78, 5) is 5.32. The van der Waals surface area contributed by atoms with Gasteiger partial charge in [-0.05, 0) is 43.3 Å². The van der Waals surface area contributed by atoms with E-state index in [1.54, 1.807) is 0 Å². The maximum atomic E-state index is 3.53. The van der Waals surface area contributed by atoms with Crippen LogP contribution in [-0.4, -0.2) is 31.1 Å². The lowest BCUT2D eigenvalue weighted by Gasteiger charge is -2.24. The van der Waals surface area contributed by atoms with Crippen molar-refractivity contribution in [2.45, 2.75) is 25.9 Å². The molecule has 2 aromatic rings. The molecule has 0 spiro atoms. The molecule has 1 unspecified atom stereocenters. The van der Waals surface area contributed by atoms with Gasteiger partial charge in [0.25, 0.3) is 0 Å². The van der Waals surface area contributed by atoms with Crippen molar-refractivity contribution in [3.63, 3.8) is 0 Å². The normalized spacial score (nSPS) is 13.0. The Bertz CT molecular complexity index is 437. The molecule has 4 heteroatoms. The molecule has 2 rings (SSSR count). The minimum Gasteiger partial charge on any atom is -0.310 e. The Balaban J connectivity index is 1.63. The van der Waals surface area contributed by atoms with Crippen LogP contribution in [-0.2, 0) is 13.0 Å². The van der Waals surface area contributed by atoms with Crippen molar-refractivity contribution in [2.75, 3.05) is 20.1 Å². The van der Waals surface area contributed by atoms with Gasteiger partial charge in [-0.15, -0.1) is 22.7 Å². The first-order valence-corrected chi connectivity index (χ1v) is 8.47. The van der Waals surface area contributed by atoms with Gasteiger partial charge in [-0.1, -0.05) is 12.1 Å². The van der Waals surface area contributed by atoms with Crippen LogP contribution in [0.1, 0.15) is 16.7 Å². The Hall–Kier alpha value is -0.680. The molecule has 0 amide bonds. The van der Waals surface area contributed by atoms with Crippen molar-refractivity contribution < 1.29 is 0 Å². The highest BCUT2D eigenvalue weighted by atomic mass is 32.1. The predicted molar refractivity (Wildman–Crippen MR) is 86.1 cm³/mol. The molecule has 2 nitrogen and oxygen atoms in total. The van der Waals surface area contributed by atoms with Crippen molar-refractivity contribution in [2.24, 2.45) is 0 Å². The fourth-order valence-electron chi connectivity index (χ4n) is 1.94. The van der Waals surface area contributed by atoms with Gasteiger partial charge in [0.1, 0.15) is 0 Å². The number of likely N-dealkylation sites (N-methyl/N-ethyl adjacent to an activating group) is 1. The molecule has 19 heavy (non-hydrogen) atoms. The average Bonchev–Trinajstić information content (AvgIpc) is 3.08. The Morgan fingerprint density at radius 3 is 2.47 bits per heavy atom. The molecule has 2 aromatic heterocycles. The molecule has 2 heterocycles. The van der Waals surface area contributed by atoms with Crippen molar-refractivity contribution in [1.29, 1.82) is 0 Å². The lowest BCUT2D eigenvalue weighted by molar-refractivity contribution is 0.254. The molecule has 0 saturated carbocycles. The molecule has 0 saturated heterocycles. The van der Waals surface area contributed by atoms with Crippen LogP contribution in [0.5, 0.6) is 0 Å². The number of rotatable bonds is 8. The highest BCUT2D eigenvalue weighted by molar-refractivity contribution is 7.10. The van der Waals surface area contributed by atoms with E-state index in [4.69, 9.17) is 0 Å². The summed E-state index contributed by atoms with van der Waals surface area (Å²) in [5, 5.41) is 7.82. The Kier molecular flexibility index (Phi) is 6.04. The lowest BCUT2D eigenvalue weighted by Crippen LogP contribution is -2.38. The van der Waals surface area contributed by atoms with E-state index < -0.39 is 0 Å². The van der Waals surface area contributed by atoms with Crippen LogP contribution >= 0.6 is 22.7 Å². The molecular weight excluding hydrogens is 272 g/mol. The maximum Gasteiger partial charge on any atom is 0.0300 e. The van der Waals surface area contributed by atoms with Gasteiger partial charge in [0.15, 0.2) is 0 Å². The van der Waals surface area contributed by atoms with E-state index in [2.05, 4.69) is 59.2 Å². The largest absolute Gasteiger partial charge is 0.310 e. The van der Waals surface area contributed by atoms with E-state index in [9.17, 15) is 0 Å². The van der Waals surface area contributed by atoms with Gasteiger partial charge in [-0.3, -0.25) is 0 Å². The molecule has 0 radical (unpaired) electrons. The minimum absolute atomic E-state index is 0.569. The molecule has 1 N–H and O–H groups in total. The third-order valence-electron chi connectivity index (χ3n) is 3.36. The number of nitrogens with zero attached hydrogens (tertiary/aromatic N) is 1. The monoisotopic (exact) mass is 294 g/mol. The maximum absolute atomic E-state index is 3.53. The van der Waals surface area contributed by atoms with E-state index in [1.165, 1.54) is 9.75 Å². The second-order valence-electron chi connectivity index (χ2n) is 4.87. The lowest BCUT2D eigenvalue weighted by atomic mass is 10.2. The number of thiophene rings is 2. The summed E-state index contributed by atoms with van der Waals surface area (Å²) in [7, 11) is 2.21. The second kappa shape index (κ2) is 7.80. The Morgan fingerprint density at radius 2 is 1.84 bits per heavy atom. The summed E-state index contributed by atoms with van der Waals surface area (Å²) in [6, 6.07) is 9.21. The predicted octanol–water partition coefficient (Wildman–Crippen LogP) is 3.46.